The van der Waals surface area contributed by atoms with Gasteiger partial charge in [-0.25, -0.2) is 19.2 Å². The number of carbonyl (C=O) groups is 1. The summed E-state index contributed by atoms with van der Waals surface area (Å²) in [5.74, 6) is 0.697. The number of benzene rings is 4. The molecule has 0 radical (unpaired) electrons. The molecule has 234 valence electrons. The van der Waals surface area contributed by atoms with Gasteiger partial charge >= 0.3 is 5.97 Å². The Morgan fingerprint density at radius 2 is 1.62 bits per heavy atom. The summed E-state index contributed by atoms with van der Waals surface area (Å²) in [6.45, 7) is 4.91. The topological polar surface area (TPSA) is 75.5 Å². The molecule has 0 aliphatic carbocycles. The standard InChI is InChI=1S/C39H34FN5O2/c1-2-47-39(46)30-23-35-36(41-32-10-6-7-11-34(32)45(35)37(30)27-8-4-3-5-9-27)26-14-12-25(13-15-26)24-44-20-18-28(19-21-44)38-42-31-17-16-29(40)22-33(31)43-38/h3-17,22-23,28H,2,18-21,24H2,1H3,(H,42,43). The van der Waals surface area contributed by atoms with E-state index in [0.29, 0.717) is 18.1 Å². The van der Waals surface area contributed by atoms with Crippen molar-refractivity contribution in [2.24, 2.45) is 0 Å². The van der Waals surface area contributed by atoms with Gasteiger partial charge in [-0.05, 0) is 80.4 Å². The third-order valence-corrected chi connectivity index (χ3v) is 9.21. The van der Waals surface area contributed by atoms with Gasteiger partial charge in [0.15, 0.2) is 0 Å². The van der Waals surface area contributed by atoms with Crippen LogP contribution in [-0.2, 0) is 11.3 Å². The Morgan fingerprint density at radius 3 is 2.40 bits per heavy atom. The number of esters is 1. The number of H-pyrrole nitrogens is 1. The van der Waals surface area contributed by atoms with Crippen LogP contribution >= 0.6 is 0 Å². The summed E-state index contributed by atoms with van der Waals surface area (Å²) in [5, 5.41) is 0. The molecule has 1 saturated heterocycles. The number of fused-ring (bicyclic) bond motifs is 4. The van der Waals surface area contributed by atoms with Gasteiger partial charge in [0, 0.05) is 18.0 Å². The Labute approximate surface area is 271 Å². The van der Waals surface area contributed by atoms with Crippen LogP contribution in [0.3, 0.4) is 0 Å². The van der Waals surface area contributed by atoms with Crippen molar-refractivity contribution in [1.82, 2.24) is 24.3 Å². The number of nitrogens with zero attached hydrogens (tertiary/aromatic N) is 4. The van der Waals surface area contributed by atoms with Gasteiger partial charge in [0.25, 0.3) is 0 Å². The number of likely N-dealkylation sites (tertiary alicyclic amines) is 1. The van der Waals surface area contributed by atoms with Crippen molar-refractivity contribution in [3.63, 3.8) is 0 Å². The number of nitrogens with one attached hydrogen (secondary N) is 1. The van der Waals surface area contributed by atoms with Crippen LogP contribution in [0.25, 0.3) is 50.1 Å². The maximum absolute atomic E-state index is 13.7. The zero-order valence-electron chi connectivity index (χ0n) is 26.1. The predicted molar refractivity (Wildman–Crippen MR) is 183 cm³/mol. The Morgan fingerprint density at radius 1 is 0.851 bits per heavy atom. The highest BCUT2D eigenvalue weighted by Gasteiger charge is 2.25. The number of hydrogen-bond donors (Lipinski definition) is 1. The lowest BCUT2D eigenvalue weighted by molar-refractivity contribution is 0.0527. The highest BCUT2D eigenvalue weighted by molar-refractivity contribution is 6.03. The molecule has 0 atom stereocenters. The summed E-state index contributed by atoms with van der Waals surface area (Å²) in [6, 6.07) is 33.3. The van der Waals surface area contributed by atoms with Crippen LogP contribution in [0, 0.1) is 5.82 Å². The van der Waals surface area contributed by atoms with Gasteiger partial charge in [-0.3, -0.25) is 4.90 Å². The first-order chi connectivity index (χ1) is 23.1. The van der Waals surface area contributed by atoms with E-state index in [1.165, 1.54) is 17.7 Å². The molecule has 8 heteroatoms. The summed E-state index contributed by atoms with van der Waals surface area (Å²) in [4.78, 5) is 29.0. The molecule has 1 aliphatic rings. The maximum atomic E-state index is 13.7. The second-order valence-electron chi connectivity index (χ2n) is 12.2. The fraction of sp³-hybridized carbons (Fsp3) is 0.205. The molecule has 0 saturated carbocycles. The molecule has 1 N–H and O–H groups in total. The van der Waals surface area contributed by atoms with Crippen molar-refractivity contribution < 1.29 is 13.9 Å². The summed E-state index contributed by atoms with van der Waals surface area (Å²) < 4.78 is 21.3. The van der Waals surface area contributed by atoms with E-state index in [2.05, 4.69) is 38.6 Å². The Balaban J connectivity index is 1.08. The monoisotopic (exact) mass is 623 g/mol. The van der Waals surface area contributed by atoms with Crippen molar-refractivity contribution in [2.45, 2.75) is 32.2 Å². The minimum atomic E-state index is -0.349. The lowest BCUT2D eigenvalue weighted by Crippen LogP contribution is -2.32. The number of halogens is 1. The minimum absolute atomic E-state index is 0.249. The van der Waals surface area contributed by atoms with Gasteiger partial charge in [0.2, 0.25) is 0 Å². The van der Waals surface area contributed by atoms with Crippen molar-refractivity contribution in [1.29, 1.82) is 0 Å². The molecule has 8 rings (SSSR count). The van der Waals surface area contributed by atoms with E-state index in [0.717, 1.165) is 88.4 Å². The Kier molecular flexibility index (Phi) is 7.50. The first-order valence-electron chi connectivity index (χ1n) is 16.2. The zero-order chi connectivity index (χ0) is 31.9. The SMILES string of the molecule is CCOC(=O)c1cc2c(-c3ccc(CN4CCC(c5nc6ccc(F)cc6[nH]5)CC4)cc3)nc3ccccc3n2c1-c1ccccc1. The van der Waals surface area contributed by atoms with E-state index < -0.39 is 0 Å². The van der Waals surface area contributed by atoms with Crippen LogP contribution in [0.4, 0.5) is 4.39 Å². The molecule has 1 aliphatic heterocycles. The summed E-state index contributed by atoms with van der Waals surface area (Å²) >= 11 is 0. The third kappa shape index (κ3) is 5.44. The largest absolute Gasteiger partial charge is 0.462 e. The highest BCUT2D eigenvalue weighted by atomic mass is 19.1. The van der Waals surface area contributed by atoms with E-state index in [1.54, 1.807) is 6.07 Å². The van der Waals surface area contributed by atoms with E-state index in [-0.39, 0.29) is 11.8 Å². The average Bonchev–Trinajstić information content (AvgIpc) is 3.72. The fourth-order valence-electron chi connectivity index (χ4n) is 6.90. The molecule has 4 heterocycles. The van der Waals surface area contributed by atoms with Gasteiger partial charge in [-0.15, -0.1) is 0 Å². The first-order valence-corrected chi connectivity index (χ1v) is 16.2. The number of ether oxygens (including phenoxy) is 1. The molecule has 0 unspecified atom stereocenters. The zero-order valence-corrected chi connectivity index (χ0v) is 26.1. The van der Waals surface area contributed by atoms with Gasteiger partial charge in [-0.2, -0.15) is 0 Å². The molecule has 47 heavy (non-hydrogen) atoms. The normalized spacial score (nSPS) is 14.3. The summed E-state index contributed by atoms with van der Waals surface area (Å²) in [5.41, 5.74) is 9.49. The number of para-hydroxylation sites is 2. The Bertz CT molecular complexity index is 2230. The quantitative estimate of drug-likeness (QED) is 0.181. The van der Waals surface area contributed by atoms with E-state index in [9.17, 15) is 9.18 Å². The molecular weight excluding hydrogens is 589 g/mol. The van der Waals surface area contributed by atoms with Gasteiger partial charge in [0.05, 0.1) is 51.1 Å². The van der Waals surface area contributed by atoms with Gasteiger partial charge < -0.3 is 14.1 Å². The number of carbonyl (C=O) groups excluding carboxylic acids is 1. The number of imidazole rings is 1. The second kappa shape index (κ2) is 12.1. The fourth-order valence-corrected chi connectivity index (χ4v) is 6.90. The molecule has 0 amide bonds. The van der Waals surface area contributed by atoms with Gasteiger partial charge in [0.1, 0.15) is 11.6 Å². The molecule has 4 aromatic carbocycles. The maximum Gasteiger partial charge on any atom is 0.340 e. The van der Waals surface area contributed by atoms with E-state index in [4.69, 9.17) is 14.7 Å². The summed E-state index contributed by atoms with van der Waals surface area (Å²) in [6.07, 6.45) is 2.00. The summed E-state index contributed by atoms with van der Waals surface area (Å²) in [7, 11) is 0. The second-order valence-corrected chi connectivity index (χ2v) is 12.2. The lowest BCUT2D eigenvalue weighted by Gasteiger charge is -2.31. The molecule has 7 nitrogen and oxygen atoms in total. The van der Waals surface area contributed by atoms with E-state index in [1.807, 2.05) is 67.6 Å². The van der Waals surface area contributed by atoms with Gasteiger partial charge in [-0.1, -0.05) is 66.7 Å². The number of aromatic nitrogens is 4. The molecule has 1 fully saturated rings. The number of piperidine rings is 1. The molecule has 7 aromatic rings. The highest BCUT2D eigenvalue weighted by Crippen LogP contribution is 2.36. The molecule has 3 aromatic heterocycles. The number of rotatable bonds is 7. The van der Waals surface area contributed by atoms with Crippen LogP contribution in [0.1, 0.15) is 47.4 Å². The Hall–Kier alpha value is -5.34. The smallest absolute Gasteiger partial charge is 0.340 e. The van der Waals surface area contributed by atoms with Crippen molar-refractivity contribution in [3.8, 4) is 22.5 Å². The number of hydrogen-bond acceptors (Lipinski definition) is 5. The van der Waals surface area contributed by atoms with Crippen LogP contribution in [0.5, 0.6) is 0 Å². The van der Waals surface area contributed by atoms with E-state index >= 15 is 0 Å². The lowest BCUT2D eigenvalue weighted by atomic mass is 9.95. The molecule has 0 bridgehead atoms. The van der Waals surface area contributed by atoms with Crippen molar-refractivity contribution in [3.05, 3.63) is 126 Å². The van der Waals surface area contributed by atoms with Crippen LogP contribution < -0.4 is 0 Å². The van der Waals surface area contributed by atoms with Crippen LogP contribution in [-0.4, -0.2) is 49.9 Å². The predicted octanol–water partition coefficient (Wildman–Crippen LogP) is 8.39. The minimum Gasteiger partial charge on any atom is -0.462 e. The van der Waals surface area contributed by atoms with Crippen molar-refractivity contribution in [2.75, 3.05) is 19.7 Å². The average molecular weight is 624 g/mol. The third-order valence-electron chi connectivity index (χ3n) is 9.21. The van der Waals surface area contributed by atoms with Crippen LogP contribution in [0.2, 0.25) is 0 Å². The first kappa shape index (κ1) is 29.1. The molecule has 0 spiro atoms. The molecular formula is C39H34FN5O2. The van der Waals surface area contributed by atoms with Crippen LogP contribution in [0.15, 0.2) is 103 Å². The number of aromatic amines is 1. The van der Waals surface area contributed by atoms with Crippen molar-refractivity contribution >= 4 is 33.6 Å².